The zero-order valence-electron chi connectivity index (χ0n) is 22.9. The second-order valence-corrected chi connectivity index (χ2v) is 11.2. The number of benzene rings is 2. The van der Waals surface area contributed by atoms with Gasteiger partial charge in [0.05, 0.1) is 13.7 Å². The number of sulfonamides is 1. The topological polar surface area (TPSA) is 112 Å². The molecule has 0 spiro atoms. The minimum Gasteiger partial charge on any atom is -0.468 e. The predicted molar refractivity (Wildman–Crippen MR) is 152 cm³/mol. The fourth-order valence-electron chi connectivity index (χ4n) is 4.22. The number of carbonyl (C=O) groups excluding carboxylic acids is 2. The van der Waals surface area contributed by atoms with Gasteiger partial charge in [-0.3, -0.25) is 9.59 Å². The van der Waals surface area contributed by atoms with E-state index in [1.807, 2.05) is 37.3 Å². The quantitative estimate of drug-likeness (QED) is 0.228. The van der Waals surface area contributed by atoms with Crippen molar-refractivity contribution in [3.63, 3.8) is 0 Å². The van der Waals surface area contributed by atoms with Gasteiger partial charge in [0, 0.05) is 19.3 Å². The van der Waals surface area contributed by atoms with E-state index >= 15 is 0 Å². The molecule has 10 heteroatoms. The zero-order valence-corrected chi connectivity index (χ0v) is 23.7. The third-order valence-electron chi connectivity index (χ3n) is 6.40. The van der Waals surface area contributed by atoms with Crippen molar-refractivity contribution in [1.29, 1.82) is 0 Å². The second kappa shape index (κ2) is 13.9. The van der Waals surface area contributed by atoms with Crippen LogP contribution < -0.4 is 5.56 Å². The highest BCUT2D eigenvalue weighted by atomic mass is 32.2. The van der Waals surface area contributed by atoms with Gasteiger partial charge >= 0.3 is 11.9 Å². The molecule has 3 aromatic rings. The summed E-state index contributed by atoms with van der Waals surface area (Å²) in [7, 11) is -3.10. The molecule has 0 radical (unpaired) electrons. The van der Waals surface area contributed by atoms with Crippen LogP contribution in [-0.4, -0.2) is 49.5 Å². The number of ether oxygens (including phenoxy) is 2. The Bertz CT molecular complexity index is 1500. The van der Waals surface area contributed by atoms with E-state index in [4.69, 9.17) is 9.47 Å². The number of esters is 2. The van der Waals surface area contributed by atoms with Crippen molar-refractivity contribution in [2.75, 3.05) is 20.3 Å². The maximum absolute atomic E-state index is 13.9. The molecule has 0 saturated heterocycles. The highest BCUT2D eigenvalue weighted by Gasteiger charge is 2.34. The maximum Gasteiger partial charge on any atom is 0.344 e. The molecular weight excluding hydrogens is 532 g/mol. The van der Waals surface area contributed by atoms with Crippen molar-refractivity contribution < 1.29 is 27.5 Å². The number of carbonyl (C=O) groups is 2. The van der Waals surface area contributed by atoms with E-state index in [1.165, 1.54) is 22.9 Å². The standard InChI is InChI=1S/C30H34N2O7S/c1-5-26(24-14-12-22(3)13-15-24)40(36,37)32(21-27(33)38-4)20-25-17-19-31(18-16-23-10-8-7-9-11-23)29(34)28(25)30(35)39-6-2/h5,7-15,17,19,26H,1,6,16,18,20-21H2,2-4H3. The lowest BCUT2D eigenvalue weighted by molar-refractivity contribution is -0.140. The molecule has 212 valence electrons. The molecule has 0 saturated carbocycles. The van der Waals surface area contributed by atoms with Gasteiger partial charge in [0.25, 0.3) is 5.56 Å². The lowest BCUT2D eigenvalue weighted by Crippen LogP contribution is -2.39. The Kier molecular flexibility index (Phi) is 10.6. The van der Waals surface area contributed by atoms with E-state index in [0.29, 0.717) is 18.5 Å². The molecule has 2 aromatic carbocycles. The van der Waals surface area contributed by atoms with Crippen LogP contribution in [0, 0.1) is 6.92 Å². The van der Waals surface area contributed by atoms with Gasteiger partial charge in [0.2, 0.25) is 10.0 Å². The molecule has 40 heavy (non-hydrogen) atoms. The van der Waals surface area contributed by atoms with Gasteiger partial charge in [-0.15, -0.1) is 6.58 Å². The predicted octanol–water partition coefficient (Wildman–Crippen LogP) is 3.81. The number of hydrogen-bond donors (Lipinski definition) is 0. The Morgan fingerprint density at radius 2 is 1.75 bits per heavy atom. The molecule has 0 bridgehead atoms. The zero-order chi connectivity index (χ0) is 29.3. The van der Waals surface area contributed by atoms with Crippen molar-refractivity contribution in [3.8, 4) is 0 Å². The summed E-state index contributed by atoms with van der Waals surface area (Å²) >= 11 is 0. The van der Waals surface area contributed by atoms with E-state index in [9.17, 15) is 22.8 Å². The highest BCUT2D eigenvalue weighted by Crippen LogP contribution is 2.29. The van der Waals surface area contributed by atoms with Crippen molar-refractivity contribution in [1.82, 2.24) is 8.87 Å². The van der Waals surface area contributed by atoms with Crippen molar-refractivity contribution in [3.05, 3.63) is 118 Å². The van der Waals surface area contributed by atoms with E-state index < -0.39 is 45.9 Å². The van der Waals surface area contributed by atoms with Crippen LogP contribution in [0.25, 0.3) is 0 Å². The Balaban J connectivity index is 2.05. The fraction of sp³-hybridized carbons (Fsp3) is 0.300. The minimum atomic E-state index is -4.25. The molecule has 3 rings (SSSR count). The average molecular weight is 567 g/mol. The second-order valence-electron chi connectivity index (χ2n) is 9.13. The van der Waals surface area contributed by atoms with Crippen LogP contribution in [0.5, 0.6) is 0 Å². The summed E-state index contributed by atoms with van der Waals surface area (Å²) in [6.07, 6.45) is 3.33. The summed E-state index contributed by atoms with van der Waals surface area (Å²) in [5.41, 5.74) is 1.63. The van der Waals surface area contributed by atoms with Crippen LogP contribution in [0.15, 0.2) is 84.3 Å². The fourth-order valence-corrected chi connectivity index (χ4v) is 5.89. The Labute approximate surface area is 234 Å². The number of aromatic nitrogens is 1. The molecule has 1 unspecified atom stereocenters. The van der Waals surface area contributed by atoms with Crippen LogP contribution >= 0.6 is 0 Å². The summed E-state index contributed by atoms with van der Waals surface area (Å²) in [5.74, 6) is -1.67. The Hall–Kier alpha value is -4.02. The van der Waals surface area contributed by atoms with E-state index in [0.717, 1.165) is 22.5 Å². The first kappa shape index (κ1) is 30.5. The minimum absolute atomic E-state index is 0.0206. The molecule has 1 aromatic heterocycles. The number of rotatable bonds is 13. The molecule has 0 amide bonds. The number of methoxy groups -OCH3 is 1. The third-order valence-corrected chi connectivity index (χ3v) is 8.48. The molecular formula is C30H34N2O7S. The van der Waals surface area contributed by atoms with Crippen molar-refractivity contribution in [2.24, 2.45) is 0 Å². The van der Waals surface area contributed by atoms with Crippen LogP contribution in [-0.2, 0) is 43.8 Å². The average Bonchev–Trinajstić information content (AvgIpc) is 2.94. The van der Waals surface area contributed by atoms with E-state index in [1.54, 1.807) is 31.2 Å². The van der Waals surface area contributed by atoms with Crippen molar-refractivity contribution in [2.45, 2.75) is 38.6 Å². The first-order chi connectivity index (χ1) is 19.1. The highest BCUT2D eigenvalue weighted by molar-refractivity contribution is 7.89. The summed E-state index contributed by atoms with van der Waals surface area (Å²) in [5, 5.41) is -1.19. The van der Waals surface area contributed by atoms with Gasteiger partial charge in [0.1, 0.15) is 17.4 Å². The molecule has 1 atom stereocenters. The van der Waals surface area contributed by atoms with Crippen LogP contribution in [0.1, 0.15) is 44.8 Å². The normalized spacial score (nSPS) is 12.1. The Morgan fingerprint density at radius 1 is 1.07 bits per heavy atom. The lowest BCUT2D eigenvalue weighted by atomic mass is 10.1. The number of aryl methyl sites for hydroxylation is 3. The summed E-state index contributed by atoms with van der Waals surface area (Å²) in [4.78, 5) is 38.7. The number of hydrogen-bond acceptors (Lipinski definition) is 7. The van der Waals surface area contributed by atoms with E-state index in [2.05, 4.69) is 6.58 Å². The summed E-state index contributed by atoms with van der Waals surface area (Å²) in [6.45, 7) is 6.45. The lowest BCUT2D eigenvalue weighted by Gasteiger charge is -2.26. The van der Waals surface area contributed by atoms with Gasteiger partial charge in [-0.25, -0.2) is 13.2 Å². The third kappa shape index (κ3) is 7.34. The SMILES string of the molecule is C=CC(c1ccc(C)cc1)S(=O)(=O)N(CC(=O)OC)Cc1ccn(CCc2ccccc2)c(=O)c1C(=O)OCC. The maximum atomic E-state index is 13.9. The smallest absolute Gasteiger partial charge is 0.344 e. The van der Waals surface area contributed by atoms with Gasteiger partial charge in [-0.1, -0.05) is 66.2 Å². The van der Waals surface area contributed by atoms with Gasteiger partial charge in [-0.05, 0) is 43.0 Å². The molecule has 1 heterocycles. The molecule has 0 aliphatic heterocycles. The first-order valence-electron chi connectivity index (χ1n) is 12.8. The van der Waals surface area contributed by atoms with E-state index in [-0.39, 0.29) is 17.7 Å². The van der Waals surface area contributed by atoms with Crippen LogP contribution in [0.4, 0.5) is 0 Å². The van der Waals surface area contributed by atoms with Gasteiger partial charge in [-0.2, -0.15) is 4.31 Å². The summed E-state index contributed by atoms with van der Waals surface area (Å²) < 4.78 is 39.9. The largest absolute Gasteiger partial charge is 0.468 e. The van der Waals surface area contributed by atoms with Crippen LogP contribution in [0.2, 0.25) is 0 Å². The molecule has 9 nitrogen and oxygen atoms in total. The Morgan fingerprint density at radius 3 is 2.35 bits per heavy atom. The number of pyridine rings is 1. The number of nitrogens with zero attached hydrogens (tertiary/aromatic N) is 2. The molecule has 0 aliphatic rings. The first-order valence-corrected chi connectivity index (χ1v) is 14.3. The molecule has 0 aliphatic carbocycles. The van der Waals surface area contributed by atoms with Gasteiger partial charge in [0.15, 0.2) is 0 Å². The monoisotopic (exact) mass is 566 g/mol. The summed E-state index contributed by atoms with van der Waals surface area (Å²) in [6, 6.07) is 18.0. The molecule has 0 N–H and O–H groups in total. The van der Waals surface area contributed by atoms with Gasteiger partial charge < -0.3 is 14.0 Å². The van der Waals surface area contributed by atoms with Crippen LogP contribution in [0.3, 0.4) is 0 Å². The molecule has 0 fully saturated rings. The van der Waals surface area contributed by atoms with Crippen molar-refractivity contribution >= 4 is 22.0 Å².